The Morgan fingerprint density at radius 2 is 2.11 bits per heavy atom. The Kier molecular flexibility index (Phi) is 2.78. The Morgan fingerprint density at radius 3 is 2.83 bits per heavy atom. The zero-order valence-electron chi connectivity index (χ0n) is 10.2. The summed E-state index contributed by atoms with van der Waals surface area (Å²) in [6.45, 7) is 0. The van der Waals surface area contributed by atoms with E-state index < -0.39 is 0 Å². The van der Waals surface area contributed by atoms with Crippen LogP contribution >= 0.6 is 0 Å². The molecule has 1 aliphatic rings. The van der Waals surface area contributed by atoms with Crippen LogP contribution in [-0.2, 0) is 4.79 Å². The molecule has 2 heterocycles. The van der Waals surface area contributed by atoms with Gasteiger partial charge in [-0.2, -0.15) is 0 Å². The highest BCUT2D eigenvalue weighted by atomic mass is 16.1. The molecular formula is C14H17N3O. The fourth-order valence-corrected chi connectivity index (χ4v) is 3.00. The molecule has 3 rings (SSSR count). The van der Waals surface area contributed by atoms with E-state index in [4.69, 9.17) is 5.73 Å². The van der Waals surface area contributed by atoms with Gasteiger partial charge in [0.2, 0.25) is 5.91 Å². The van der Waals surface area contributed by atoms with Crippen LogP contribution in [0.3, 0.4) is 0 Å². The molecule has 94 valence electrons. The molecule has 2 aromatic heterocycles. The fraction of sp³-hybridized carbons (Fsp3) is 0.429. The van der Waals surface area contributed by atoms with E-state index >= 15 is 0 Å². The Labute approximate surface area is 106 Å². The molecule has 0 saturated heterocycles. The van der Waals surface area contributed by atoms with Gasteiger partial charge < -0.3 is 10.7 Å². The van der Waals surface area contributed by atoms with Crippen LogP contribution < -0.4 is 5.73 Å². The summed E-state index contributed by atoms with van der Waals surface area (Å²) in [6.07, 6.45) is 7.75. The number of hydrogen-bond donors (Lipinski definition) is 2. The Bertz CT molecular complexity index is 567. The molecule has 3 N–H and O–H groups in total. The molecule has 4 nitrogen and oxygen atoms in total. The Hall–Kier alpha value is -1.84. The van der Waals surface area contributed by atoms with Crippen LogP contribution in [0.2, 0.25) is 0 Å². The SMILES string of the molecule is NC(=O)C1CCC(c2c[nH]c3ncccc23)CC1. The fourth-order valence-electron chi connectivity index (χ4n) is 3.00. The number of pyridine rings is 1. The molecular weight excluding hydrogens is 226 g/mol. The van der Waals surface area contributed by atoms with Crippen molar-refractivity contribution in [2.75, 3.05) is 0 Å². The van der Waals surface area contributed by atoms with Gasteiger partial charge in [-0.25, -0.2) is 4.98 Å². The summed E-state index contributed by atoms with van der Waals surface area (Å²) >= 11 is 0. The van der Waals surface area contributed by atoms with Gasteiger partial charge in [-0.15, -0.1) is 0 Å². The summed E-state index contributed by atoms with van der Waals surface area (Å²) in [5, 5.41) is 1.21. The lowest BCUT2D eigenvalue weighted by Crippen LogP contribution is -2.27. The molecule has 0 unspecified atom stereocenters. The number of fused-ring (bicyclic) bond motifs is 1. The van der Waals surface area contributed by atoms with Crippen LogP contribution in [0.5, 0.6) is 0 Å². The number of hydrogen-bond acceptors (Lipinski definition) is 2. The van der Waals surface area contributed by atoms with E-state index in [0.717, 1.165) is 31.3 Å². The van der Waals surface area contributed by atoms with E-state index in [1.165, 1.54) is 10.9 Å². The van der Waals surface area contributed by atoms with Crippen molar-refractivity contribution in [3.8, 4) is 0 Å². The molecule has 0 radical (unpaired) electrons. The molecule has 18 heavy (non-hydrogen) atoms. The number of rotatable bonds is 2. The van der Waals surface area contributed by atoms with Crippen LogP contribution in [-0.4, -0.2) is 15.9 Å². The molecule has 0 aromatic carbocycles. The van der Waals surface area contributed by atoms with E-state index in [1.807, 2.05) is 6.07 Å². The lowest BCUT2D eigenvalue weighted by atomic mass is 9.78. The third kappa shape index (κ3) is 1.88. The minimum atomic E-state index is -0.144. The minimum Gasteiger partial charge on any atom is -0.369 e. The number of H-pyrrole nitrogens is 1. The third-order valence-electron chi connectivity index (χ3n) is 4.05. The van der Waals surface area contributed by atoms with Crippen LogP contribution in [0.4, 0.5) is 0 Å². The standard InChI is InChI=1S/C14H17N3O/c15-13(18)10-5-3-9(4-6-10)12-8-17-14-11(12)2-1-7-16-14/h1-2,7-10H,3-6H2,(H2,15,18)(H,16,17). The second-order valence-corrected chi connectivity index (χ2v) is 5.09. The van der Waals surface area contributed by atoms with Crippen LogP contribution in [0.25, 0.3) is 11.0 Å². The Balaban J connectivity index is 1.82. The maximum Gasteiger partial charge on any atom is 0.220 e. The highest BCUT2D eigenvalue weighted by Crippen LogP contribution is 2.38. The molecule has 4 heteroatoms. The zero-order valence-corrected chi connectivity index (χ0v) is 10.2. The number of nitrogens with one attached hydrogen (secondary N) is 1. The molecule has 0 bridgehead atoms. The quantitative estimate of drug-likeness (QED) is 0.849. The number of primary amides is 1. The first kappa shape index (κ1) is 11.3. The Morgan fingerprint density at radius 1 is 1.33 bits per heavy atom. The van der Waals surface area contributed by atoms with Gasteiger partial charge in [0.25, 0.3) is 0 Å². The normalized spacial score (nSPS) is 24.2. The smallest absolute Gasteiger partial charge is 0.220 e. The zero-order chi connectivity index (χ0) is 12.5. The summed E-state index contributed by atoms with van der Waals surface area (Å²) in [4.78, 5) is 18.7. The summed E-state index contributed by atoms with van der Waals surface area (Å²) in [5.41, 5.74) is 7.65. The first-order valence-electron chi connectivity index (χ1n) is 6.47. The van der Waals surface area contributed by atoms with Gasteiger partial charge in [0.05, 0.1) is 0 Å². The largest absolute Gasteiger partial charge is 0.369 e. The van der Waals surface area contributed by atoms with Gasteiger partial charge in [-0.05, 0) is 49.3 Å². The average molecular weight is 243 g/mol. The average Bonchev–Trinajstić information content (AvgIpc) is 2.82. The van der Waals surface area contributed by atoms with E-state index in [-0.39, 0.29) is 11.8 Å². The van der Waals surface area contributed by atoms with Gasteiger partial charge in [0.1, 0.15) is 5.65 Å². The van der Waals surface area contributed by atoms with Gasteiger partial charge in [-0.1, -0.05) is 0 Å². The number of aromatic nitrogens is 2. The topological polar surface area (TPSA) is 71.8 Å². The van der Waals surface area contributed by atoms with E-state index in [9.17, 15) is 4.79 Å². The predicted molar refractivity (Wildman–Crippen MR) is 70.0 cm³/mol. The third-order valence-corrected chi connectivity index (χ3v) is 4.05. The van der Waals surface area contributed by atoms with Crippen LogP contribution in [0.1, 0.15) is 37.2 Å². The second-order valence-electron chi connectivity index (χ2n) is 5.09. The van der Waals surface area contributed by atoms with Gasteiger partial charge in [0.15, 0.2) is 0 Å². The van der Waals surface area contributed by atoms with Gasteiger partial charge in [0, 0.05) is 23.7 Å². The maximum absolute atomic E-state index is 11.2. The van der Waals surface area contributed by atoms with Gasteiger partial charge in [-0.3, -0.25) is 4.79 Å². The second kappa shape index (κ2) is 4.44. The van der Waals surface area contributed by atoms with Crippen molar-refractivity contribution < 1.29 is 4.79 Å². The maximum atomic E-state index is 11.2. The molecule has 2 aromatic rings. The molecule has 1 amide bonds. The van der Waals surface area contributed by atoms with Crippen LogP contribution in [0.15, 0.2) is 24.5 Å². The monoisotopic (exact) mass is 243 g/mol. The predicted octanol–water partition coefficient (Wildman–Crippen LogP) is 2.32. The number of nitrogens with zero attached hydrogens (tertiary/aromatic N) is 1. The van der Waals surface area contributed by atoms with E-state index in [1.54, 1.807) is 6.20 Å². The highest BCUT2D eigenvalue weighted by Gasteiger charge is 2.26. The summed E-state index contributed by atoms with van der Waals surface area (Å²) in [5.74, 6) is 0.456. The molecule has 1 fully saturated rings. The number of nitrogens with two attached hydrogens (primary N) is 1. The van der Waals surface area contributed by atoms with Crippen molar-refractivity contribution in [2.24, 2.45) is 11.7 Å². The number of carbonyl (C=O) groups excluding carboxylic acids is 1. The summed E-state index contributed by atoms with van der Waals surface area (Å²) in [7, 11) is 0. The van der Waals surface area contributed by atoms with Crippen molar-refractivity contribution in [1.29, 1.82) is 0 Å². The van der Waals surface area contributed by atoms with Crippen molar-refractivity contribution in [1.82, 2.24) is 9.97 Å². The summed E-state index contributed by atoms with van der Waals surface area (Å²) < 4.78 is 0. The van der Waals surface area contributed by atoms with Crippen molar-refractivity contribution >= 4 is 16.9 Å². The first-order chi connectivity index (χ1) is 8.75. The molecule has 0 aliphatic heterocycles. The lowest BCUT2D eigenvalue weighted by Gasteiger charge is -2.26. The van der Waals surface area contributed by atoms with Crippen LogP contribution in [0, 0.1) is 5.92 Å². The molecule has 0 spiro atoms. The van der Waals surface area contributed by atoms with Gasteiger partial charge >= 0.3 is 0 Å². The number of amides is 1. The number of aromatic amines is 1. The number of carbonyl (C=O) groups is 1. The van der Waals surface area contributed by atoms with Crippen molar-refractivity contribution in [3.63, 3.8) is 0 Å². The van der Waals surface area contributed by atoms with E-state index in [2.05, 4.69) is 22.2 Å². The highest BCUT2D eigenvalue weighted by molar-refractivity contribution is 5.80. The van der Waals surface area contributed by atoms with Crippen molar-refractivity contribution in [2.45, 2.75) is 31.6 Å². The van der Waals surface area contributed by atoms with Crippen molar-refractivity contribution in [3.05, 3.63) is 30.1 Å². The minimum absolute atomic E-state index is 0.0737. The first-order valence-corrected chi connectivity index (χ1v) is 6.47. The molecule has 1 saturated carbocycles. The molecule has 0 atom stereocenters. The summed E-state index contributed by atoms with van der Waals surface area (Å²) in [6, 6.07) is 4.07. The lowest BCUT2D eigenvalue weighted by molar-refractivity contribution is -0.122. The molecule has 1 aliphatic carbocycles. The van der Waals surface area contributed by atoms with E-state index in [0.29, 0.717) is 5.92 Å².